The van der Waals surface area contributed by atoms with E-state index in [-0.39, 0.29) is 11.6 Å². The van der Waals surface area contributed by atoms with E-state index in [9.17, 15) is 9.90 Å². The number of benzene rings is 1. The van der Waals surface area contributed by atoms with Gasteiger partial charge in [-0.3, -0.25) is 14.6 Å². The number of nitrogens with zero attached hydrogens (tertiary/aromatic N) is 3. The van der Waals surface area contributed by atoms with Crippen molar-refractivity contribution < 1.29 is 5.11 Å². The number of aryl methyl sites for hydroxylation is 1. The Morgan fingerprint density at radius 2 is 2.00 bits per heavy atom. The molecule has 128 valence electrons. The molecule has 1 aliphatic rings. The lowest BCUT2D eigenvalue weighted by Gasteiger charge is -2.37. The van der Waals surface area contributed by atoms with Crippen LogP contribution in [0.25, 0.3) is 0 Å². The van der Waals surface area contributed by atoms with Crippen molar-refractivity contribution in [3.63, 3.8) is 0 Å². The smallest absolute Gasteiger partial charge is 0.251 e. The van der Waals surface area contributed by atoms with Crippen molar-refractivity contribution in [2.45, 2.75) is 26.4 Å². The molecule has 2 heterocycles. The molecule has 6 nitrogen and oxygen atoms in total. The van der Waals surface area contributed by atoms with Gasteiger partial charge in [-0.15, -0.1) is 0 Å². The van der Waals surface area contributed by atoms with Gasteiger partial charge in [-0.25, -0.2) is 4.98 Å². The molecule has 1 atom stereocenters. The van der Waals surface area contributed by atoms with Crippen LogP contribution < -0.4 is 5.56 Å². The largest absolute Gasteiger partial charge is 0.508 e. The quantitative estimate of drug-likeness (QED) is 0.893. The maximum absolute atomic E-state index is 11.6. The zero-order valence-corrected chi connectivity index (χ0v) is 14.2. The van der Waals surface area contributed by atoms with Gasteiger partial charge in [0.2, 0.25) is 0 Å². The molecule has 1 fully saturated rings. The molecule has 0 amide bonds. The van der Waals surface area contributed by atoms with Crippen LogP contribution in [0.4, 0.5) is 0 Å². The maximum atomic E-state index is 11.6. The van der Waals surface area contributed by atoms with Gasteiger partial charge < -0.3 is 10.1 Å². The van der Waals surface area contributed by atoms with Gasteiger partial charge in [0, 0.05) is 44.5 Å². The third-order valence-electron chi connectivity index (χ3n) is 4.56. The van der Waals surface area contributed by atoms with Crippen molar-refractivity contribution >= 4 is 0 Å². The molecule has 0 aliphatic carbocycles. The van der Waals surface area contributed by atoms with Gasteiger partial charge in [-0.2, -0.15) is 0 Å². The third kappa shape index (κ3) is 4.01. The highest BCUT2D eigenvalue weighted by molar-refractivity contribution is 5.27. The molecule has 0 saturated carbocycles. The Morgan fingerprint density at radius 3 is 2.67 bits per heavy atom. The Hall–Kier alpha value is -2.18. The van der Waals surface area contributed by atoms with E-state index in [2.05, 4.69) is 26.7 Å². The van der Waals surface area contributed by atoms with E-state index in [0.29, 0.717) is 5.75 Å². The first-order chi connectivity index (χ1) is 11.5. The molecule has 1 saturated heterocycles. The van der Waals surface area contributed by atoms with Crippen LogP contribution >= 0.6 is 0 Å². The Balaban J connectivity index is 1.59. The summed E-state index contributed by atoms with van der Waals surface area (Å²) in [4.78, 5) is 23.7. The van der Waals surface area contributed by atoms with E-state index in [0.717, 1.165) is 49.8 Å². The van der Waals surface area contributed by atoms with Gasteiger partial charge >= 0.3 is 0 Å². The van der Waals surface area contributed by atoms with Crippen molar-refractivity contribution in [3.05, 3.63) is 57.8 Å². The average Bonchev–Trinajstić information content (AvgIpc) is 2.54. The highest BCUT2D eigenvalue weighted by atomic mass is 16.3. The van der Waals surface area contributed by atoms with Gasteiger partial charge in [0.15, 0.2) is 0 Å². The van der Waals surface area contributed by atoms with E-state index in [1.165, 1.54) is 6.07 Å². The topological polar surface area (TPSA) is 72.5 Å². The number of phenols is 1. The Labute approximate surface area is 141 Å². The number of hydrogen-bond acceptors (Lipinski definition) is 5. The molecule has 24 heavy (non-hydrogen) atoms. The maximum Gasteiger partial charge on any atom is 0.251 e. The SMILES string of the molecule is Cc1cc(=O)[nH]c([C@H](C)N2CCN(Cc3cccc(O)c3)CC2)n1. The predicted octanol–water partition coefficient (Wildman–Crippen LogP) is 1.66. The third-order valence-corrected chi connectivity index (χ3v) is 4.56. The number of aromatic hydroxyl groups is 1. The number of piperazine rings is 1. The summed E-state index contributed by atoms with van der Waals surface area (Å²) in [6.07, 6.45) is 0. The van der Waals surface area contributed by atoms with E-state index in [4.69, 9.17) is 0 Å². The van der Waals surface area contributed by atoms with Crippen LogP contribution in [-0.4, -0.2) is 51.1 Å². The fourth-order valence-corrected chi connectivity index (χ4v) is 3.19. The van der Waals surface area contributed by atoms with Crippen LogP contribution in [0, 0.1) is 6.92 Å². The molecule has 3 rings (SSSR count). The Kier molecular flexibility index (Phi) is 4.97. The summed E-state index contributed by atoms with van der Waals surface area (Å²) in [5, 5.41) is 9.57. The molecule has 1 aromatic carbocycles. The van der Waals surface area contributed by atoms with Crippen molar-refractivity contribution in [1.29, 1.82) is 0 Å². The first kappa shape index (κ1) is 16.7. The summed E-state index contributed by atoms with van der Waals surface area (Å²) in [6, 6.07) is 9.04. The second-order valence-corrected chi connectivity index (χ2v) is 6.43. The van der Waals surface area contributed by atoms with Crippen LogP contribution in [0.1, 0.15) is 30.0 Å². The molecule has 2 aromatic rings. The molecule has 0 radical (unpaired) electrons. The molecular weight excluding hydrogens is 304 g/mol. The van der Waals surface area contributed by atoms with Crippen molar-refractivity contribution in [1.82, 2.24) is 19.8 Å². The van der Waals surface area contributed by atoms with Crippen LogP contribution in [0.2, 0.25) is 0 Å². The second-order valence-electron chi connectivity index (χ2n) is 6.43. The lowest BCUT2D eigenvalue weighted by Crippen LogP contribution is -2.47. The van der Waals surface area contributed by atoms with Crippen molar-refractivity contribution in [2.24, 2.45) is 0 Å². The number of aromatic amines is 1. The summed E-state index contributed by atoms with van der Waals surface area (Å²) < 4.78 is 0. The minimum Gasteiger partial charge on any atom is -0.508 e. The summed E-state index contributed by atoms with van der Waals surface area (Å²) in [5.41, 5.74) is 1.79. The minimum absolute atomic E-state index is 0.0909. The van der Waals surface area contributed by atoms with Gasteiger partial charge in [0.25, 0.3) is 5.56 Å². The first-order valence-electron chi connectivity index (χ1n) is 8.33. The molecule has 0 spiro atoms. The molecule has 1 aromatic heterocycles. The number of H-pyrrole nitrogens is 1. The van der Waals surface area contributed by atoms with E-state index in [1.807, 2.05) is 25.1 Å². The molecule has 0 bridgehead atoms. The van der Waals surface area contributed by atoms with E-state index >= 15 is 0 Å². The van der Waals surface area contributed by atoms with Gasteiger partial charge in [-0.1, -0.05) is 12.1 Å². The predicted molar refractivity (Wildman–Crippen MR) is 93.0 cm³/mol. The average molecular weight is 328 g/mol. The Morgan fingerprint density at radius 1 is 1.25 bits per heavy atom. The molecule has 6 heteroatoms. The lowest BCUT2D eigenvalue weighted by molar-refractivity contribution is 0.0946. The molecular formula is C18H24N4O2. The standard InChI is InChI=1S/C18H24N4O2/c1-13-10-17(24)20-18(19-13)14(2)22-8-6-21(7-9-22)12-15-4-3-5-16(23)11-15/h3-5,10-11,14,23H,6-9,12H2,1-2H3,(H,19,20,24)/t14-/m0/s1. The van der Waals surface area contributed by atoms with Gasteiger partial charge in [-0.05, 0) is 31.5 Å². The monoisotopic (exact) mass is 328 g/mol. The van der Waals surface area contributed by atoms with E-state index in [1.54, 1.807) is 6.07 Å². The summed E-state index contributed by atoms with van der Waals surface area (Å²) >= 11 is 0. The molecule has 1 aliphatic heterocycles. The Bertz CT molecular complexity index is 751. The number of nitrogens with one attached hydrogen (secondary N) is 1. The van der Waals surface area contributed by atoms with E-state index < -0.39 is 0 Å². The fraction of sp³-hybridized carbons (Fsp3) is 0.444. The zero-order chi connectivity index (χ0) is 17.1. The van der Waals surface area contributed by atoms with Crippen LogP contribution in [-0.2, 0) is 6.54 Å². The fourth-order valence-electron chi connectivity index (χ4n) is 3.19. The summed E-state index contributed by atoms with van der Waals surface area (Å²) in [7, 11) is 0. The summed E-state index contributed by atoms with van der Waals surface area (Å²) in [6.45, 7) is 8.54. The van der Waals surface area contributed by atoms with Gasteiger partial charge in [0.1, 0.15) is 11.6 Å². The number of hydrogen-bond donors (Lipinski definition) is 2. The normalized spacial score (nSPS) is 17.8. The zero-order valence-electron chi connectivity index (χ0n) is 14.2. The minimum atomic E-state index is -0.0909. The second kappa shape index (κ2) is 7.15. The molecule has 0 unspecified atom stereocenters. The lowest BCUT2D eigenvalue weighted by atomic mass is 10.1. The van der Waals surface area contributed by atoms with Crippen LogP contribution in [0.5, 0.6) is 5.75 Å². The number of phenolic OH excluding ortho intramolecular Hbond substituents is 1. The number of rotatable bonds is 4. The highest BCUT2D eigenvalue weighted by Crippen LogP contribution is 2.19. The van der Waals surface area contributed by atoms with Crippen LogP contribution in [0.3, 0.4) is 0 Å². The van der Waals surface area contributed by atoms with Gasteiger partial charge in [0.05, 0.1) is 6.04 Å². The van der Waals surface area contributed by atoms with Crippen LogP contribution in [0.15, 0.2) is 35.1 Å². The number of aromatic nitrogens is 2. The summed E-state index contributed by atoms with van der Waals surface area (Å²) in [5.74, 6) is 1.05. The van der Waals surface area contributed by atoms with Crippen molar-refractivity contribution in [3.8, 4) is 5.75 Å². The highest BCUT2D eigenvalue weighted by Gasteiger charge is 2.23. The van der Waals surface area contributed by atoms with Crippen molar-refractivity contribution in [2.75, 3.05) is 26.2 Å². The first-order valence-corrected chi connectivity index (χ1v) is 8.33. The molecule has 2 N–H and O–H groups in total.